The van der Waals surface area contributed by atoms with Crippen LogP contribution in [0.25, 0.3) is 11.0 Å². The molecule has 0 amide bonds. The summed E-state index contributed by atoms with van der Waals surface area (Å²) in [4.78, 5) is 11.3. The third kappa shape index (κ3) is 1.64. The molecule has 0 saturated heterocycles. The molecule has 0 fully saturated rings. The zero-order valence-electron chi connectivity index (χ0n) is 8.23. The van der Waals surface area contributed by atoms with Gasteiger partial charge in [-0.15, -0.1) is 0 Å². The number of carbonyl (C=O) groups is 1. The van der Waals surface area contributed by atoms with E-state index in [1.54, 1.807) is 12.1 Å². The van der Waals surface area contributed by atoms with Gasteiger partial charge in [0.1, 0.15) is 0 Å². The van der Waals surface area contributed by atoms with Gasteiger partial charge in [-0.3, -0.25) is 4.79 Å². The second-order valence-electron chi connectivity index (χ2n) is 3.38. The molecular weight excluding hydrogens is 235 g/mol. The summed E-state index contributed by atoms with van der Waals surface area (Å²) in [6.45, 7) is 3.27. The number of benzene rings is 1. The van der Waals surface area contributed by atoms with Gasteiger partial charge in [0, 0.05) is 22.9 Å². The van der Waals surface area contributed by atoms with Crippen molar-refractivity contribution in [2.24, 2.45) is 0 Å². The average Bonchev–Trinajstić information content (AvgIpc) is 2.44. The van der Waals surface area contributed by atoms with Crippen molar-refractivity contribution < 1.29 is 9.21 Å². The third-order valence-electron chi connectivity index (χ3n) is 2.28. The van der Waals surface area contributed by atoms with E-state index in [4.69, 9.17) is 27.6 Å². The van der Waals surface area contributed by atoms with Gasteiger partial charge in [0.25, 0.3) is 0 Å². The van der Waals surface area contributed by atoms with E-state index >= 15 is 0 Å². The fourth-order valence-electron chi connectivity index (χ4n) is 1.58. The Labute approximate surface area is 96.8 Å². The summed E-state index contributed by atoms with van der Waals surface area (Å²) >= 11 is 11.8. The van der Waals surface area contributed by atoms with Gasteiger partial charge < -0.3 is 4.42 Å². The highest BCUT2D eigenvalue weighted by Crippen LogP contribution is 2.33. The van der Waals surface area contributed by atoms with E-state index in [1.807, 2.05) is 6.92 Å². The Bertz CT molecular complexity index is 555. The van der Waals surface area contributed by atoms with Gasteiger partial charge in [-0.25, -0.2) is 0 Å². The van der Waals surface area contributed by atoms with Crippen LogP contribution in [0.15, 0.2) is 16.5 Å². The normalized spacial score (nSPS) is 10.9. The summed E-state index contributed by atoms with van der Waals surface area (Å²) in [7, 11) is 0. The summed E-state index contributed by atoms with van der Waals surface area (Å²) < 4.78 is 5.41. The van der Waals surface area contributed by atoms with Crippen molar-refractivity contribution in [3.8, 4) is 0 Å². The van der Waals surface area contributed by atoms with Gasteiger partial charge in [0.15, 0.2) is 17.1 Å². The minimum absolute atomic E-state index is 0.115. The number of ketones is 1. The first-order valence-electron chi connectivity index (χ1n) is 4.40. The molecule has 0 atom stereocenters. The fraction of sp³-hybridized carbons (Fsp3) is 0.182. The SMILES string of the molecule is CC(=O)c1oc2c(Cl)cc(Cl)cc2c1C. The van der Waals surface area contributed by atoms with E-state index in [1.165, 1.54) is 6.92 Å². The molecule has 0 aliphatic carbocycles. The predicted octanol–water partition coefficient (Wildman–Crippen LogP) is 4.25. The standard InChI is InChI=1S/C11H8Cl2O2/c1-5-8-3-7(12)4-9(13)11(8)15-10(5)6(2)14/h3-4H,1-2H3. The molecule has 2 nitrogen and oxygen atoms in total. The molecule has 0 spiro atoms. The third-order valence-corrected chi connectivity index (χ3v) is 2.78. The largest absolute Gasteiger partial charge is 0.451 e. The lowest BCUT2D eigenvalue weighted by molar-refractivity contribution is 0.0988. The van der Waals surface area contributed by atoms with E-state index in [2.05, 4.69) is 0 Å². The van der Waals surface area contributed by atoms with Gasteiger partial charge in [-0.1, -0.05) is 23.2 Å². The molecule has 0 N–H and O–H groups in total. The van der Waals surface area contributed by atoms with Crippen LogP contribution in [0, 0.1) is 6.92 Å². The number of Topliss-reactive ketones (excluding diaryl/α,β-unsaturated/α-hetero) is 1. The molecular formula is C11H8Cl2O2. The van der Waals surface area contributed by atoms with Gasteiger partial charge in [-0.2, -0.15) is 0 Å². The smallest absolute Gasteiger partial charge is 0.195 e. The fourth-order valence-corrected chi connectivity index (χ4v) is 2.11. The summed E-state index contributed by atoms with van der Waals surface area (Å²) in [6.07, 6.45) is 0. The van der Waals surface area contributed by atoms with Gasteiger partial charge in [-0.05, 0) is 19.1 Å². The van der Waals surface area contributed by atoms with Crippen molar-refractivity contribution in [3.05, 3.63) is 33.5 Å². The molecule has 2 rings (SSSR count). The Kier molecular flexibility index (Phi) is 2.49. The molecule has 1 aromatic heterocycles. The number of halogens is 2. The Morgan fingerprint density at radius 1 is 1.33 bits per heavy atom. The molecule has 15 heavy (non-hydrogen) atoms. The quantitative estimate of drug-likeness (QED) is 0.700. The summed E-state index contributed by atoms with van der Waals surface area (Å²) in [5.74, 6) is 0.227. The van der Waals surface area contributed by atoms with Crippen molar-refractivity contribution in [1.29, 1.82) is 0 Å². The second-order valence-corrected chi connectivity index (χ2v) is 4.22. The number of hydrogen-bond acceptors (Lipinski definition) is 2. The van der Waals surface area contributed by atoms with Crippen LogP contribution >= 0.6 is 23.2 Å². The monoisotopic (exact) mass is 242 g/mol. The van der Waals surface area contributed by atoms with Crippen molar-refractivity contribution in [1.82, 2.24) is 0 Å². The lowest BCUT2D eigenvalue weighted by Crippen LogP contribution is -1.90. The molecule has 78 valence electrons. The van der Waals surface area contributed by atoms with E-state index in [0.717, 1.165) is 10.9 Å². The average molecular weight is 243 g/mol. The summed E-state index contributed by atoms with van der Waals surface area (Å²) in [5, 5.41) is 1.75. The molecule has 0 aliphatic rings. The predicted molar refractivity (Wildman–Crippen MR) is 61.0 cm³/mol. The Morgan fingerprint density at radius 2 is 2.00 bits per heavy atom. The molecule has 2 aromatic rings. The van der Waals surface area contributed by atoms with Crippen molar-refractivity contribution in [3.63, 3.8) is 0 Å². The lowest BCUT2D eigenvalue weighted by atomic mass is 10.1. The first-order valence-corrected chi connectivity index (χ1v) is 5.15. The molecule has 0 bridgehead atoms. The topological polar surface area (TPSA) is 30.2 Å². The highest BCUT2D eigenvalue weighted by Gasteiger charge is 2.16. The Morgan fingerprint density at radius 3 is 2.60 bits per heavy atom. The van der Waals surface area contributed by atoms with E-state index in [9.17, 15) is 4.79 Å². The second kappa shape index (κ2) is 3.54. The first-order chi connectivity index (χ1) is 7.00. The Balaban J connectivity index is 2.88. The minimum Gasteiger partial charge on any atom is -0.451 e. The van der Waals surface area contributed by atoms with Gasteiger partial charge in [0.05, 0.1) is 5.02 Å². The van der Waals surface area contributed by atoms with Crippen LogP contribution in [0.4, 0.5) is 0 Å². The Hall–Kier alpha value is -0.990. The highest BCUT2D eigenvalue weighted by molar-refractivity contribution is 6.38. The molecule has 0 aliphatic heterocycles. The summed E-state index contributed by atoms with van der Waals surface area (Å²) in [5.41, 5.74) is 1.30. The van der Waals surface area contributed by atoms with Crippen LogP contribution in [-0.4, -0.2) is 5.78 Å². The number of aryl methyl sites for hydroxylation is 1. The van der Waals surface area contributed by atoms with E-state index < -0.39 is 0 Å². The molecule has 4 heteroatoms. The number of fused-ring (bicyclic) bond motifs is 1. The first kappa shape index (κ1) is 10.5. The number of rotatable bonds is 1. The van der Waals surface area contributed by atoms with Crippen molar-refractivity contribution in [2.45, 2.75) is 13.8 Å². The number of furan rings is 1. The van der Waals surface area contributed by atoms with Crippen LogP contribution in [0.5, 0.6) is 0 Å². The lowest BCUT2D eigenvalue weighted by Gasteiger charge is -1.94. The zero-order valence-corrected chi connectivity index (χ0v) is 9.74. The molecule has 1 heterocycles. The summed E-state index contributed by atoms with van der Waals surface area (Å²) in [6, 6.07) is 3.34. The molecule has 0 saturated carbocycles. The van der Waals surface area contributed by atoms with Crippen LogP contribution in [0.2, 0.25) is 10.0 Å². The molecule has 1 aromatic carbocycles. The van der Waals surface area contributed by atoms with Crippen LogP contribution in [-0.2, 0) is 0 Å². The highest BCUT2D eigenvalue weighted by atomic mass is 35.5. The molecule has 0 radical (unpaired) electrons. The molecule has 0 unspecified atom stereocenters. The maximum atomic E-state index is 11.3. The van der Waals surface area contributed by atoms with Crippen LogP contribution in [0.3, 0.4) is 0 Å². The van der Waals surface area contributed by atoms with Crippen LogP contribution < -0.4 is 0 Å². The zero-order chi connectivity index (χ0) is 11.2. The number of hydrogen-bond donors (Lipinski definition) is 0. The van der Waals surface area contributed by atoms with Gasteiger partial charge in [0.2, 0.25) is 0 Å². The maximum Gasteiger partial charge on any atom is 0.195 e. The van der Waals surface area contributed by atoms with Gasteiger partial charge >= 0.3 is 0 Å². The minimum atomic E-state index is -0.115. The van der Waals surface area contributed by atoms with E-state index in [0.29, 0.717) is 21.4 Å². The van der Waals surface area contributed by atoms with Crippen molar-refractivity contribution >= 4 is 40.0 Å². The van der Waals surface area contributed by atoms with Crippen molar-refractivity contribution in [2.75, 3.05) is 0 Å². The number of carbonyl (C=O) groups excluding carboxylic acids is 1. The van der Waals surface area contributed by atoms with E-state index in [-0.39, 0.29) is 5.78 Å². The maximum absolute atomic E-state index is 11.3. The van der Waals surface area contributed by atoms with Crippen LogP contribution in [0.1, 0.15) is 23.0 Å².